The van der Waals surface area contributed by atoms with Crippen LogP contribution in [0.15, 0.2) is 29.5 Å². The summed E-state index contributed by atoms with van der Waals surface area (Å²) < 4.78 is 17.8. The van der Waals surface area contributed by atoms with Crippen LogP contribution in [0.4, 0.5) is 0 Å². The molecule has 0 spiro atoms. The Labute approximate surface area is 159 Å². The summed E-state index contributed by atoms with van der Waals surface area (Å²) in [6, 6.07) is 3.61. The molecule has 27 heavy (non-hydrogen) atoms. The van der Waals surface area contributed by atoms with Gasteiger partial charge in [-0.25, -0.2) is 0 Å². The normalized spacial score (nSPS) is 40.0. The Balaban J connectivity index is 1.73. The number of hydrogen-bond acceptors (Lipinski definition) is 5. The number of aliphatic hydroxyl groups excluding tert-OH is 1. The lowest BCUT2D eigenvalue weighted by atomic mass is 9.60. The van der Waals surface area contributed by atoms with Crippen molar-refractivity contribution in [1.82, 2.24) is 0 Å². The SMILES string of the molecule is CC1=C(c2c(C)cc(O)cc2C)C2(C)C3OC3COCC3OC3C2C(O)=C1. The molecule has 3 aliphatic heterocycles. The van der Waals surface area contributed by atoms with Gasteiger partial charge in [-0.15, -0.1) is 0 Å². The maximum absolute atomic E-state index is 10.9. The molecule has 3 fully saturated rings. The minimum atomic E-state index is -0.423. The summed E-state index contributed by atoms with van der Waals surface area (Å²) in [7, 11) is 0. The molecule has 5 rings (SSSR count). The van der Waals surface area contributed by atoms with Crippen molar-refractivity contribution in [2.45, 2.75) is 52.1 Å². The number of rotatable bonds is 1. The highest BCUT2D eigenvalue weighted by Gasteiger charge is 2.66. The molecule has 3 saturated heterocycles. The molecule has 0 bridgehead atoms. The van der Waals surface area contributed by atoms with Crippen molar-refractivity contribution in [1.29, 1.82) is 0 Å². The highest BCUT2D eigenvalue weighted by molar-refractivity contribution is 5.82. The van der Waals surface area contributed by atoms with Crippen molar-refractivity contribution in [3.05, 3.63) is 46.2 Å². The summed E-state index contributed by atoms with van der Waals surface area (Å²) in [5.74, 6) is 0.485. The number of fused-ring (bicyclic) bond motifs is 5. The fourth-order valence-corrected chi connectivity index (χ4v) is 5.58. The Morgan fingerprint density at radius 2 is 1.67 bits per heavy atom. The average Bonchev–Trinajstić information content (AvgIpc) is 3.46. The molecule has 0 radical (unpaired) electrons. The highest BCUT2D eigenvalue weighted by atomic mass is 16.6. The molecule has 1 aromatic rings. The summed E-state index contributed by atoms with van der Waals surface area (Å²) in [5, 5.41) is 21.0. The van der Waals surface area contributed by atoms with E-state index in [1.54, 1.807) is 12.1 Å². The summed E-state index contributed by atoms with van der Waals surface area (Å²) >= 11 is 0. The maximum atomic E-state index is 10.9. The quantitative estimate of drug-likeness (QED) is 0.741. The Morgan fingerprint density at radius 1 is 1.00 bits per heavy atom. The number of hydrogen-bond donors (Lipinski definition) is 2. The number of ether oxygens (including phenoxy) is 3. The summed E-state index contributed by atoms with van der Waals surface area (Å²) in [6.45, 7) is 9.40. The van der Waals surface area contributed by atoms with Crippen LogP contribution in [-0.2, 0) is 14.2 Å². The second-order valence-corrected chi connectivity index (χ2v) is 8.61. The number of phenols is 1. The third kappa shape index (κ3) is 2.42. The number of phenolic OH excluding ortho intramolecular Hbond substituents is 1. The van der Waals surface area contributed by atoms with E-state index in [0.717, 1.165) is 22.3 Å². The van der Waals surface area contributed by atoms with E-state index in [0.29, 0.717) is 19.0 Å². The molecule has 2 N–H and O–H groups in total. The zero-order valence-electron chi connectivity index (χ0n) is 16.2. The van der Waals surface area contributed by atoms with Crippen molar-refractivity contribution in [2.75, 3.05) is 13.2 Å². The van der Waals surface area contributed by atoms with E-state index < -0.39 is 5.41 Å². The van der Waals surface area contributed by atoms with Crippen molar-refractivity contribution in [3.8, 4) is 5.75 Å². The van der Waals surface area contributed by atoms with Gasteiger partial charge >= 0.3 is 0 Å². The van der Waals surface area contributed by atoms with Crippen molar-refractivity contribution >= 4 is 5.57 Å². The first-order valence-electron chi connectivity index (χ1n) is 9.63. The zero-order valence-corrected chi connectivity index (χ0v) is 16.2. The fraction of sp³-hybridized carbons (Fsp3) is 0.545. The van der Waals surface area contributed by atoms with Gasteiger partial charge in [-0.1, -0.05) is 6.92 Å². The molecule has 6 unspecified atom stereocenters. The Bertz CT molecular complexity index is 862. The average molecular weight is 370 g/mol. The molecular formula is C22H26O5. The molecule has 0 amide bonds. The Kier molecular flexibility index (Phi) is 3.58. The first-order chi connectivity index (χ1) is 12.8. The van der Waals surface area contributed by atoms with E-state index in [2.05, 4.69) is 6.92 Å². The van der Waals surface area contributed by atoms with Crippen LogP contribution >= 0.6 is 0 Å². The van der Waals surface area contributed by atoms with Crippen molar-refractivity contribution < 1.29 is 24.4 Å². The van der Waals surface area contributed by atoms with Crippen LogP contribution in [0.1, 0.15) is 30.5 Å². The predicted octanol–water partition coefficient (Wildman–Crippen LogP) is 3.43. The van der Waals surface area contributed by atoms with E-state index in [1.807, 2.05) is 26.8 Å². The molecular weight excluding hydrogens is 344 g/mol. The summed E-state index contributed by atoms with van der Waals surface area (Å²) in [4.78, 5) is 0. The van der Waals surface area contributed by atoms with Crippen LogP contribution in [-0.4, -0.2) is 47.8 Å². The van der Waals surface area contributed by atoms with Crippen LogP contribution in [0.5, 0.6) is 5.75 Å². The largest absolute Gasteiger partial charge is 0.512 e. The van der Waals surface area contributed by atoms with Gasteiger partial charge in [0, 0.05) is 5.41 Å². The van der Waals surface area contributed by atoms with Crippen molar-refractivity contribution in [3.63, 3.8) is 0 Å². The third-order valence-electron chi connectivity index (χ3n) is 6.72. The topological polar surface area (TPSA) is 74.8 Å². The highest BCUT2D eigenvalue weighted by Crippen LogP contribution is 2.61. The molecule has 6 atom stereocenters. The number of aryl methyl sites for hydroxylation is 2. The van der Waals surface area contributed by atoms with E-state index in [1.165, 1.54) is 5.57 Å². The molecule has 1 aliphatic carbocycles. The number of aliphatic hydroxyl groups is 1. The lowest BCUT2D eigenvalue weighted by Crippen LogP contribution is -2.42. The van der Waals surface area contributed by atoms with Gasteiger partial charge in [-0.05, 0) is 66.8 Å². The van der Waals surface area contributed by atoms with E-state index in [4.69, 9.17) is 14.2 Å². The Morgan fingerprint density at radius 3 is 2.37 bits per heavy atom. The van der Waals surface area contributed by atoms with E-state index >= 15 is 0 Å². The molecule has 0 aromatic heterocycles. The first-order valence-corrected chi connectivity index (χ1v) is 9.63. The zero-order chi connectivity index (χ0) is 19.1. The number of benzene rings is 1. The van der Waals surface area contributed by atoms with Gasteiger partial charge in [0.15, 0.2) is 0 Å². The predicted molar refractivity (Wildman–Crippen MR) is 101 cm³/mol. The van der Waals surface area contributed by atoms with Crippen LogP contribution < -0.4 is 0 Å². The number of allylic oxidation sites excluding steroid dienone is 2. The molecule has 3 heterocycles. The van der Waals surface area contributed by atoms with Gasteiger partial charge in [0.1, 0.15) is 18.0 Å². The van der Waals surface area contributed by atoms with Gasteiger partial charge in [-0.2, -0.15) is 0 Å². The first kappa shape index (κ1) is 17.3. The minimum Gasteiger partial charge on any atom is -0.512 e. The van der Waals surface area contributed by atoms with Gasteiger partial charge in [-0.3, -0.25) is 0 Å². The minimum absolute atomic E-state index is 0.0288. The van der Waals surface area contributed by atoms with Crippen molar-refractivity contribution in [2.24, 2.45) is 11.3 Å². The second kappa shape index (κ2) is 5.60. The molecule has 0 saturated carbocycles. The molecule has 144 valence electrons. The fourth-order valence-electron chi connectivity index (χ4n) is 5.58. The van der Waals surface area contributed by atoms with Crippen LogP contribution in [0, 0.1) is 25.2 Å². The summed E-state index contributed by atoms with van der Waals surface area (Å²) in [5.41, 5.74) is 4.98. The number of aromatic hydroxyl groups is 1. The second-order valence-electron chi connectivity index (χ2n) is 8.61. The van der Waals surface area contributed by atoms with Crippen LogP contribution in [0.2, 0.25) is 0 Å². The molecule has 4 aliphatic rings. The monoisotopic (exact) mass is 370 g/mol. The Hall–Kier alpha value is -1.82. The van der Waals surface area contributed by atoms with Crippen LogP contribution in [0.3, 0.4) is 0 Å². The molecule has 1 aromatic carbocycles. The summed E-state index contributed by atoms with van der Waals surface area (Å²) in [6.07, 6.45) is 1.86. The van der Waals surface area contributed by atoms with Gasteiger partial charge < -0.3 is 24.4 Å². The molecule has 5 heteroatoms. The maximum Gasteiger partial charge on any atom is 0.116 e. The lowest BCUT2D eigenvalue weighted by Gasteiger charge is -2.43. The third-order valence-corrected chi connectivity index (χ3v) is 6.72. The van der Waals surface area contributed by atoms with E-state index in [-0.39, 0.29) is 36.1 Å². The van der Waals surface area contributed by atoms with E-state index in [9.17, 15) is 10.2 Å². The number of epoxide rings is 2. The smallest absolute Gasteiger partial charge is 0.116 e. The van der Waals surface area contributed by atoms with Gasteiger partial charge in [0.25, 0.3) is 0 Å². The lowest BCUT2D eigenvalue weighted by molar-refractivity contribution is 0.102. The molecule has 5 nitrogen and oxygen atoms in total. The standard InChI is InChI=1S/C22H26O5/c1-10-5-13(23)6-11(2)17(10)18-12(3)7-14(24)19-20-15(26-20)8-25-9-16-21(27-16)22(18,19)4/h5-7,15-16,19-21,23-24H,8-9H2,1-4H3. The van der Waals surface area contributed by atoms with Gasteiger partial charge in [0.05, 0.1) is 37.1 Å². The van der Waals surface area contributed by atoms with Crippen LogP contribution in [0.25, 0.3) is 5.57 Å². The van der Waals surface area contributed by atoms with Gasteiger partial charge in [0.2, 0.25) is 0 Å².